The van der Waals surface area contributed by atoms with Crippen LogP contribution in [0.3, 0.4) is 0 Å². The van der Waals surface area contributed by atoms with Gasteiger partial charge < -0.3 is 10.6 Å². The van der Waals surface area contributed by atoms with Crippen molar-refractivity contribution in [3.63, 3.8) is 0 Å². The molecule has 2 rings (SSSR count). The van der Waals surface area contributed by atoms with Gasteiger partial charge in [0.1, 0.15) is 0 Å². The molecule has 0 aromatic heterocycles. The fourth-order valence-corrected chi connectivity index (χ4v) is 3.06. The van der Waals surface area contributed by atoms with Gasteiger partial charge >= 0.3 is 0 Å². The molecule has 0 radical (unpaired) electrons. The van der Waals surface area contributed by atoms with E-state index in [1.165, 1.54) is 18.1 Å². The van der Waals surface area contributed by atoms with Gasteiger partial charge in [-0.05, 0) is 36.3 Å². The highest BCUT2D eigenvalue weighted by Crippen LogP contribution is 2.19. The van der Waals surface area contributed by atoms with Crippen molar-refractivity contribution in [3.8, 4) is 0 Å². The number of likely N-dealkylation sites (N-methyl/N-ethyl adjacent to an activating group) is 1. The number of nitrogens with zero attached hydrogens (tertiary/aromatic N) is 1. The molecule has 1 unspecified atom stereocenters. The van der Waals surface area contributed by atoms with Crippen molar-refractivity contribution < 1.29 is 4.79 Å². The van der Waals surface area contributed by atoms with Crippen molar-refractivity contribution in [2.24, 2.45) is 0 Å². The Morgan fingerprint density at radius 1 is 1.00 bits per heavy atom. The summed E-state index contributed by atoms with van der Waals surface area (Å²) >= 11 is 0. The standard InChI is InChI=1S/C21H29N3O/c1-4-24(5-2)21(19-9-7-6-8-10-19)16-22-15-18-11-13-20(14-12-18)23-17(3)25/h6-14,21-22H,4-5,15-16H2,1-3H3,(H,23,25). The van der Waals surface area contributed by atoms with Gasteiger partial charge in [-0.25, -0.2) is 0 Å². The van der Waals surface area contributed by atoms with Crippen molar-refractivity contribution in [3.05, 3.63) is 65.7 Å². The van der Waals surface area contributed by atoms with Crippen molar-refractivity contribution in [1.82, 2.24) is 10.2 Å². The van der Waals surface area contributed by atoms with Gasteiger partial charge in [-0.3, -0.25) is 9.69 Å². The molecule has 1 atom stereocenters. The normalized spacial score (nSPS) is 12.2. The lowest BCUT2D eigenvalue weighted by Crippen LogP contribution is -2.35. The summed E-state index contributed by atoms with van der Waals surface area (Å²) in [7, 11) is 0. The first-order chi connectivity index (χ1) is 12.1. The molecule has 0 aliphatic heterocycles. The lowest BCUT2D eigenvalue weighted by atomic mass is 10.0. The first kappa shape index (κ1) is 19.2. The largest absolute Gasteiger partial charge is 0.326 e. The zero-order chi connectivity index (χ0) is 18.1. The number of carbonyl (C=O) groups excluding carboxylic acids is 1. The van der Waals surface area contributed by atoms with E-state index >= 15 is 0 Å². The number of benzene rings is 2. The average molecular weight is 339 g/mol. The number of carbonyl (C=O) groups is 1. The predicted molar refractivity (Wildman–Crippen MR) is 105 cm³/mol. The summed E-state index contributed by atoms with van der Waals surface area (Å²) in [6.07, 6.45) is 0. The minimum absolute atomic E-state index is 0.0456. The summed E-state index contributed by atoms with van der Waals surface area (Å²) in [5.41, 5.74) is 3.39. The highest BCUT2D eigenvalue weighted by atomic mass is 16.1. The number of anilines is 1. The number of rotatable bonds is 9. The quantitative estimate of drug-likeness (QED) is 0.730. The molecule has 2 N–H and O–H groups in total. The van der Waals surface area contributed by atoms with Crippen LogP contribution in [-0.2, 0) is 11.3 Å². The molecule has 0 aliphatic rings. The number of nitrogens with one attached hydrogen (secondary N) is 2. The maximum atomic E-state index is 11.1. The van der Waals surface area contributed by atoms with E-state index in [9.17, 15) is 4.79 Å². The smallest absolute Gasteiger partial charge is 0.221 e. The van der Waals surface area contributed by atoms with E-state index in [-0.39, 0.29) is 5.91 Å². The van der Waals surface area contributed by atoms with Crippen LogP contribution in [0.25, 0.3) is 0 Å². The molecule has 4 nitrogen and oxygen atoms in total. The molecular formula is C21H29N3O. The van der Waals surface area contributed by atoms with Gasteiger partial charge in [0.2, 0.25) is 5.91 Å². The molecule has 134 valence electrons. The molecule has 25 heavy (non-hydrogen) atoms. The van der Waals surface area contributed by atoms with Crippen LogP contribution in [0.5, 0.6) is 0 Å². The molecule has 0 aliphatic carbocycles. The summed E-state index contributed by atoms with van der Waals surface area (Å²) in [4.78, 5) is 13.5. The van der Waals surface area contributed by atoms with Crippen LogP contribution < -0.4 is 10.6 Å². The Hall–Kier alpha value is -2.17. The molecule has 0 spiro atoms. The van der Waals surface area contributed by atoms with Gasteiger partial charge in [0, 0.05) is 31.7 Å². The Balaban J connectivity index is 1.95. The fraction of sp³-hybridized carbons (Fsp3) is 0.381. The van der Waals surface area contributed by atoms with E-state index in [4.69, 9.17) is 0 Å². The summed E-state index contributed by atoms with van der Waals surface area (Å²) in [5.74, 6) is -0.0456. The number of amides is 1. The highest BCUT2D eigenvalue weighted by molar-refractivity contribution is 5.88. The van der Waals surface area contributed by atoms with E-state index in [0.717, 1.165) is 31.9 Å². The molecule has 0 fully saturated rings. The third-order valence-corrected chi connectivity index (χ3v) is 4.38. The van der Waals surface area contributed by atoms with Gasteiger partial charge in [0.05, 0.1) is 0 Å². The van der Waals surface area contributed by atoms with Crippen LogP contribution in [-0.4, -0.2) is 30.4 Å². The Bertz CT molecular complexity index is 636. The van der Waals surface area contributed by atoms with Gasteiger partial charge in [0.25, 0.3) is 0 Å². The van der Waals surface area contributed by atoms with E-state index in [0.29, 0.717) is 6.04 Å². The van der Waals surface area contributed by atoms with Gasteiger partial charge in [-0.1, -0.05) is 56.3 Å². The lowest BCUT2D eigenvalue weighted by Gasteiger charge is -2.30. The monoisotopic (exact) mass is 339 g/mol. The van der Waals surface area contributed by atoms with Gasteiger partial charge in [-0.2, -0.15) is 0 Å². The molecule has 0 bridgehead atoms. The Morgan fingerprint density at radius 2 is 1.64 bits per heavy atom. The molecule has 0 saturated carbocycles. The summed E-state index contributed by atoms with van der Waals surface area (Å²) in [6, 6.07) is 19.0. The van der Waals surface area contributed by atoms with Crippen LogP contribution in [0.4, 0.5) is 5.69 Å². The van der Waals surface area contributed by atoms with E-state index in [1.807, 2.05) is 24.3 Å². The van der Waals surface area contributed by atoms with Crippen LogP contribution in [0.2, 0.25) is 0 Å². The number of hydrogen-bond acceptors (Lipinski definition) is 3. The summed E-state index contributed by atoms with van der Waals surface area (Å²) < 4.78 is 0. The molecule has 2 aromatic carbocycles. The van der Waals surface area contributed by atoms with Gasteiger partial charge in [0.15, 0.2) is 0 Å². The maximum absolute atomic E-state index is 11.1. The first-order valence-electron chi connectivity index (χ1n) is 9.00. The van der Waals surface area contributed by atoms with E-state index in [2.05, 4.69) is 59.7 Å². The predicted octanol–water partition coefficient (Wildman–Crippen LogP) is 3.82. The summed E-state index contributed by atoms with van der Waals surface area (Å²) in [5, 5.41) is 6.37. The second kappa shape index (κ2) is 9.97. The lowest BCUT2D eigenvalue weighted by molar-refractivity contribution is -0.114. The molecular weight excluding hydrogens is 310 g/mol. The van der Waals surface area contributed by atoms with Crippen molar-refractivity contribution >= 4 is 11.6 Å². The van der Waals surface area contributed by atoms with Crippen molar-refractivity contribution in [2.45, 2.75) is 33.4 Å². The minimum Gasteiger partial charge on any atom is -0.326 e. The van der Waals surface area contributed by atoms with Crippen molar-refractivity contribution in [1.29, 1.82) is 0 Å². The van der Waals surface area contributed by atoms with Crippen LogP contribution in [0.15, 0.2) is 54.6 Å². The van der Waals surface area contributed by atoms with Crippen molar-refractivity contribution in [2.75, 3.05) is 25.0 Å². The Morgan fingerprint density at radius 3 is 2.20 bits per heavy atom. The molecule has 1 amide bonds. The van der Waals surface area contributed by atoms with Crippen LogP contribution >= 0.6 is 0 Å². The summed E-state index contributed by atoms with van der Waals surface area (Å²) in [6.45, 7) is 9.71. The second-order valence-electron chi connectivity index (χ2n) is 6.16. The van der Waals surface area contributed by atoms with Crippen LogP contribution in [0, 0.1) is 0 Å². The Kier molecular flexibility index (Phi) is 7.64. The zero-order valence-corrected chi connectivity index (χ0v) is 15.5. The third-order valence-electron chi connectivity index (χ3n) is 4.38. The van der Waals surface area contributed by atoms with Gasteiger partial charge in [-0.15, -0.1) is 0 Å². The molecule has 2 aromatic rings. The SMILES string of the molecule is CCN(CC)C(CNCc1ccc(NC(C)=O)cc1)c1ccccc1. The molecule has 4 heteroatoms. The average Bonchev–Trinajstić information content (AvgIpc) is 2.63. The van der Waals surface area contributed by atoms with E-state index in [1.54, 1.807) is 0 Å². The fourth-order valence-electron chi connectivity index (χ4n) is 3.06. The zero-order valence-electron chi connectivity index (χ0n) is 15.5. The third kappa shape index (κ3) is 6.00. The first-order valence-corrected chi connectivity index (χ1v) is 9.00. The minimum atomic E-state index is -0.0456. The molecule has 0 heterocycles. The molecule has 0 saturated heterocycles. The van der Waals surface area contributed by atoms with E-state index < -0.39 is 0 Å². The number of hydrogen-bond donors (Lipinski definition) is 2. The maximum Gasteiger partial charge on any atom is 0.221 e. The second-order valence-corrected chi connectivity index (χ2v) is 6.16. The van der Waals surface area contributed by atoms with Crippen LogP contribution in [0.1, 0.15) is 37.9 Å². The topological polar surface area (TPSA) is 44.4 Å². The Labute approximate surface area is 151 Å². The highest BCUT2D eigenvalue weighted by Gasteiger charge is 2.17.